The molecule has 1 fully saturated rings. The number of rotatable bonds is 8. The van der Waals surface area contributed by atoms with Crippen LogP contribution in [0.2, 0.25) is 0 Å². The summed E-state index contributed by atoms with van der Waals surface area (Å²) in [4.78, 5) is 6.56. The first-order valence-corrected chi connectivity index (χ1v) is 9.57. The molecule has 1 heterocycles. The standard InChI is InChI=1S/C19H35N5O/c1-15(2)18-16(14-24(5)22-18)13-23(4)19(20-3)21-11-8-12-25-17-9-6-7-10-17/h14-15,17H,6-13H2,1-5H3,(H,20,21). The van der Waals surface area contributed by atoms with Crippen molar-refractivity contribution in [1.82, 2.24) is 20.0 Å². The van der Waals surface area contributed by atoms with Gasteiger partial charge in [0.25, 0.3) is 0 Å². The van der Waals surface area contributed by atoms with Crippen LogP contribution in [0, 0.1) is 0 Å². The highest BCUT2D eigenvalue weighted by Gasteiger charge is 2.16. The molecule has 1 aliphatic rings. The fraction of sp³-hybridized carbons (Fsp3) is 0.789. The van der Waals surface area contributed by atoms with Crippen LogP contribution >= 0.6 is 0 Å². The molecule has 6 heteroatoms. The maximum Gasteiger partial charge on any atom is 0.193 e. The van der Waals surface area contributed by atoms with E-state index in [4.69, 9.17) is 4.74 Å². The number of nitrogens with one attached hydrogen (secondary N) is 1. The van der Waals surface area contributed by atoms with Gasteiger partial charge in [0.2, 0.25) is 0 Å². The van der Waals surface area contributed by atoms with Gasteiger partial charge < -0.3 is 15.0 Å². The van der Waals surface area contributed by atoms with Crippen LogP contribution in [-0.2, 0) is 18.3 Å². The average Bonchev–Trinajstić information content (AvgIpc) is 3.20. The summed E-state index contributed by atoms with van der Waals surface area (Å²) in [6.45, 7) is 6.89. The Kier molecular flexibility index (Phi) is 7.75. The van der Waals surface area contributed by atoms with Crippen molar-refractivity contribution in [1.29, 1.82) is 0 Å². The quantitative estimate of drug-likeness (QED) is 0.445. The molecule has 0 spiro atoms. The minimum atomic E-state index is 0.423. The summed E-state index contributed by atoms with van der Waals surface area (Å²) in [6.07, 6.45) is 8.74. The lowest BCUT2D eigenvalue weighted by molar-refractivity contribution is 0.0573. The highest BCUT2D eigenvalue weighted by Crippen LogP contribution is 2.21. The minimum absolute atomic E-state index is 0.423. The van der Waals surface area contributed by atoms with Gasteiger partial charge in [-0.25, -0.2) is 0 Å². The molecule has 1 aliphatic carbocycles. The van der Waals surface area contributed by atoms with Crippen LogP contribution in [0.3, 0.4) is 0 Å². The Balaban J connectivity index is 1.75. The van der Waals surface area contributed by atoms with E-state index in [1.165, 1.54) is 31.2 Å². The Bertz CT molecular complexity index is 546. The Morgan fingerprint density at radius 2 is 2.16 bits per heavy atom. The summed E-state index contributed by atoms with van der Waals surface area (Å²) in [5.74, 6) is 1.34. The molecule has 0 unspecified atom stereocenters. The van der Waals surface area contributed by atoms with Gasteiger partial charge >= 0.3 is 0 Å². The van der Waals surface area contributed by atoms with Gasteiger partial charge in [-0.15, -0.1) is 0 Å². The van der Waals surface area contributed by atoms with Crippen LogP contribution in [0.15, 0.2) is 11.2 Å². The maximum absolute atomic E-state index is 5.91. The third-order valence-electron chi connectivity index (χ3n) is 4.72. The van der Waals surface area contributed by atoms with Crippen LogP contribution in [0.5, 0.6) is 0 Å². The van der Waals surface area contributed by atoms with Crippen molar-refractivity contribution in [3.63, 3.8) is 0 Å². The van der Waals surface area contributed by atoms with Gasteiger partial charge in [0.1, 0.15) is 0 Å². The second-order valence-corrected chi connectivity index (χ2v) is 7.33. The fourth-order valence-electron chi connectivity index (χ4n) is 3.46. The lowest BCUT2D eigenvalue weighted by atomic mass is 10.1. The molecule has 6 nitrogen and oxygen atoms in total. The fourth-order valence-corrected chi connectivity index (χ4v) is 3.46. The van der Waals surface area contributed by atoms with E-state index < -0.39 is 0 Å². The Morgan fingerprint density at radius 3 is 2.80 bits per heavy atom. The Morgan fingerprint density at radius 1 is 1.44 bits per heavy atom. The van der Waals surface area contributed by atoms with E-state index in [1.807, 2.05) is 18.8 Å². The third-order valence-corrected chi connectivity index (χ3v) is 4.72. The van der Waals surface area contributed by atoms with E-state index in [0.717, 1.165) is 37.8 Å². The summed E-state index contributed by atoms with van der Waals surface area (Å²) in [5.41, 5.74) is 2.42. The van der Waals surface area contributed by atoms with E-state index in [1.54, 1.807) is 0 Å². The summed E-state index contributed by atoms with van der Waals surface area (Å²) in [5, 5.41) is 8.02. The van der Waals surface area contributed by atoms with Crippen molar-refractivity contribution in [3.8, 4) is 0 Å². The highest BCUT2D eigenvalue weighted by molar-refractivity contribution is 5.79. The van der Waals surface area contributed by atoms with Crippen molar-refractivity contribution in [2.24, 2.45) is 12.0 Å². The van der Waals surface area contributed by atoms with Crippen LogP contribution in [-0.4, -0.2) is 54.0 Å². The summed E-state index contributed by atoms with van der Waals surface area (Å²) in [7, 11) is 5.88. The number of ether oxygens (including phenoxy) is 1. The van der Waals surface area contributed by atoms with Crippen molar-refractivity contribution < 1.29 is 4.74 Å². The molecule has 25 heavy (non-hydrogen) atoms. The molecular weight excluding hydrogens is 314 g/mol. The number of hydrogen-bond acceptors (Lipinski definition) is 3. The van der Waals surface area contributed by atoms with Crippen molar-refractivity contribution >= 4 is 5.96 Å². The van der Waals surface area contributed by atoms with E-state index in [0.29, 0.717) is 12.0 Å². The highest BCUT2D eigenvalue weighted by atomic mass is 16.5. The number of aliphatic imine (C=N–C) groups is 1. The first-order chi connectivity index (χ1) is 12.0. The molecule has 0 radical (unpaired) electrons. The lowest BCUT2D eigenvalue weighted by Crippen LogP contribution is -2.39. The van der Waals surface area contributed by atoms with Crippen molar-refractivity contribution in [3.05, 3.63) is 17.5 Å². The number of guanidine groups is 1. The van der Waals surface area contributed by atoms with Crippen LogP contribution in [0.4, 0.5) is 0 Å². The number of aromatic nitrogens is 2. The molecule has 2 rings (SSSR count). The third kappa shape index (κ3) is 6.03. The van der Waals surface area contributed by atoms with Gasteiger partial charge in [-0.3, -0.25) is 9.67 Å². The second kappa shape index (κ2) is 9.80. The molecule has 0 amide bonds. The second-order valence-electron chi connectivity index (χ2n) is 7.33. The molecule has 1 N–H and O–H groups in total. The first kappa shape index (κ1) is 19.8. The summed E-state index contributed by atoms with van der Waals surface area (Å²) < 4.78 is 7.81. The smallest absolute Gasteiger partial charge is 0.193 e. The van der Waals surface area contributed by atoms with Gasteiger partial charge in [-0.2, -0.15) is 5.10 Å². The van der Waals surface area contributed by atoms with Gasteiger partial charge in [-0.1, -0.05) is 26.7 Å². The predicted octanol–water partition coefficient (Wildman–Crippen LogP) is 2.90. The number of nitrogens with zero attached hydrogens (tertiary/aromatic N) is 4. The monoisotopic (exact) mass is 349 g/mol. The summed E-state index contributed by atoms with van der Waals surface area (Å²) >= 11 is 0. The van der Waals surface area contributed by atoms with E-state index >= 15 is 0 Å². The molecule has 142 valence electrons. The van der Waals surface area contributed by atoms with Gasteiger partial charge in [0, 0.05) is 52.6 Å². The van der Waals surface area contributed by atoms with Crippen molar-refractivity contribution in [2.45, 2.75) is 64.5 Å². The van der Waals surface area contributed by atoms with Gasteiger partial charge in [-0.05, 0) is 25.2 Å². The normalized spacial score (nSPS) is 16.0. The van der Waals surface area contributed by atoms with E-state index in [9.17, 15) is 0 Å². The minimum Gasteiger partial charge on any atom is -0.378 e. The topological polar surface area (TPSA) is 54.7 Å². The molecule has 1 aromatic heterocycles. The molecule has 0 saturated heterocycles. The largest absolute Gasteiger partial charge is 0.378 e. The van der Waals surface area contributed by atoms with Crippen molar-refractivity contribution in [2.75, 3.05) is 27.2 Å². The SMILES string of the molecule is CN=C(NCCCOC1CCCC1)N(C)Cc1cn(C)nc1C(C)C. The molecule has 1 saturated carbocycles. The van der Waals surface area contributed by atoms with Crippen LogP contribution in [0.1, 0.15) is 63.1 Å². The Labute approximate surface area is 152 Å². The zero-order chi connectivity index (χ0) is 18.2. The number of aryl methyl sites for hydroxylation is 1. The molecule has 0 aromatic carbocycles. The lowest BCUT2D eigenvalue weighted by Gasteiger charge is -2.22. The zero-order valence-corrected chi connectivity index (χ0v) is 16.6. The molecule has 0 aliphatic heterocycles. The Hall–Kier alpha value is -1.56. The molecule has 0 bridgehead atoms. The average molecular weight is 350 g/mol. The van der Waals surface area contributed by atoms with Gasteiger partial charge in [0.05, 0.1) is 11.8 Å². The van der Waals surface area contributed by atoms with E-state index in [2.05, 4.69) is 47.4 Å². The predicted molar refractivity (Wildman–Crippen MR) is 103 cm³/mol. The zero-order valence-electron chi connectivity index (χ0n) is 16.6. The maximum atomic E-state index is 5.91. The summed E-state index contributed by atoms with van der Waals surface area (Å²) in [6, 6.07) is 0. The molecular formula is C19H35N5O. The molecule has 1 aromatic rings. The first-order valence-electron chi connectivity index (χ1n) is 9.57. The van der Waals surface area contributed by atoms with E-state index in [-0.39, 0.29) is 0 Å². The molecule has 0 atom stereocenters. The number of hydrogen-bond donors (Lipinski definition) is 1. The van der Waals surface area contributed by atoms with Crippen LogP contribution in [0.25, 0.3) is 0 Å². The van der Waals surface area contributed by atoms with Gasteiger partial charge in [0.15, 0.2) is 5.96 Å². The van der Waals surface area contributed by atoms with Crippen LogP contribution < -0.4 is 5.32 Å².